The van der Waals surface area contributed by atoms with Gasteiger partial charge in [0.25, 0.3) is 0 Å². The number of benzene rings is 1. The minimum Gasteiger partial charge on any atom is -0.435 e. The van der Waals surface area contributed by atoms with Crippen LogP contribution in [-0.2, 0) is 28.4 Å². The molecule has 3 rings (SSSR count). The van der Waals surface area contributed by atoms with Crippen molar-refractivity contribution in [2.24, 2.45) is 10.8 Å². The molecule has 0 atom stereocenters. The zero-order valence-corrected chi connectivity index (χ0v) is 17.6. The van der Waals surface area contributed by atoms with Crippen LogP contribution in [0.4, 0.5) is 0 Å². The molecular formula is C22H30O8. The lowest BCUT2D eigenvalue weighted by Crippen LogP contribution is -2.45. The van der Waals surface area contributed by atoms with E-state index in [0.29, 0.717) is 39.6 Å². The van der Waals surface area contributed by atoms with E-state index in [-0.39, 0.29) is 35.5 Å². The fourth-order valence-electron chi connectivity index (χ4n) is 3.26. The van der Waals surface area contributed by atoms with Crippen LogP contribution in [0.1, 0.15) is 47.4 Å². The molecule has 2 fully saturated rings. The van der Waals surface area contributed by atoms with Crippen molar-refractivity contribution in [1.29, 1.82) is 0 Å². The molecule has 0 aliphatic carbocycles. The molecule has 0 spiro atoms. The summed E-state index contributed by atoms with van der Waals surface area (Å²) >= 11 is 0. The Morgan fingerprint density at radius 1 is 0.800 bits per heavy atom. The van der Waals surface area contributed by atoms with Gasteiger partial charge in [0, 0.05) is 10.8 Å². The first-order chi connectivity index (χ1) is 14.5. The molecule has 0 radical (unpaired) electrons. The average Bonchev–Trinajstić information content (AvgIpc) is 2.71. The molecule has 1 aromatic rings. The first-order valence-electron chi connectivity index (χ1n) is 10.3. The van der Waals surface area contributed by atoms with Gasteiger partial charge in [-0.25, -0.2) is 9.59 Å². The second-order valence-corrected chi connectivity index (χ2v) is 8.03. The predicted molar refractivity (Wildman–Crippen MR) is 106 cm³/mol. The third-order valence-corrected chi connectivity index (χ3v) is 5.86. The Hall–Kier alpha value is -2.00. The summed E-state index contributed by atoms with van der Waals surface area (Å²) in [5.74, 6) is -1.29. The van der Waals surface area contributed by atoms with Crippen molar-refractivity contribution in [3.05, 3.63) is 35.4 Å². The highest BCUT2D eigenvalue weighted by Crippen LogP contribution is 2.32. The monoisotopic (exact) mass is 422 g/mol. The maximum absolute atomic E-state index is 12.4. The molecule has 0 saturated carbocycles. The van der Waals surface area contributed by atoms with E-state index in [2.05, 4.69) is 13.8 Å². The largest absolute Gasteiger partial charge is 0.435 e. The van der Waals surface area contributed by atoms with Gasteiger partial charge < -0.3 is 28.4 Å². The summed E-state index contributed by atoms with van der Waals surface area (Å²) in [6, 6.07) is 6.35. The van der Waals surface area contributed by atoms with Crippen LogP contribution in [-0.4, -0.2) is 65.2 Å². The molecule has 0 aromatic heterocycles. The van der Waals surface area contributed by atoms with Crippen molar-refractivity contribution in [3.63, 3.8) is 0 Å². The van der Waals surface area contributed by atoms with Crippen molar-refractivity contribution < 1.29 is 38.0 Å². The predicted octanol–water partition coefficient (Wildman–Crippen LogP) is 2.80. The summed E-state index contributed by atoms with van der Waals surface area (Å²) in [4.78, 5) is 24.8. The standard InChI is InChI=1S/C22H30O8/c1-3-21(9-25-10-21)13-27-15-29-19(23)17-7-5-6-8-18(17)20(24)30-16-28-14-22(4-2)11-26-12-22/h5-8H,3-4,9-16H2,1-2H3. The van der Waals surface area contributed by atoms with Crippen LogP contribution in [0.5, 0.6) is 0 Å². The Morgan fingerprint density at radius 2 is 1.20 bits per heavy atom. The first-order valence-corrected chi connectivity index (χ1v) is 10.3. The summed E-state index contributed by atoms with van der Waals surface area (Å²) < 4.78 is 31.8. The lowest BCUT2D eigenvalue weighted by Gasteiger charge is -2.40. The summed E-state index contributed by atoms with van der Waals surface area (Å²) in [6.07, 6.45) is 1.87. The second-order valence-electron chi connectivity index (χ2n) is 8.03. The molecular weight excluding hydrogens is 392 g/mol. The summed E-state index contributed by atoms with van der Waals surface area (Å²) in [7, 11) is 0. The van der Waals surface area contributed by atoms with Gasteiger partial charge in [0.05, 0.1) is 50.8 Å². The zero-order valence-electron chi connectivity index (χ0n) is 17.6. The SMILES string of the molecule is CCC1(COCOC(=O)c2ccccc2C(=O)OCOCC2(CC)COC2)COC1. The normalized spacial score (nSPS) is 18.7. The number of rotatable bonds is 12. The van der Waals surface area contributed by atoms with Crippen molar-refractivity contribution >= 4 is 11.9 Å². The van der Waals surface area contributed by atoms with Gasteiger partial charge in [0.2, 0.25) is 0 Å². The molecule has 0 bridgehead atoms. The molecule has 0 unspecified atom stereocenters. The van der Waals surface area contributed by atoms with Crippen LogP contribution in [0, 0.1) is 10.8 Å². The quantitative estimate of drug-likeness (QED) is 0.289. The smallest absolute Gasteiger partial charge is 0.341 e. The van der Waals surface area contributed by atoms with E-state index < -0.39 is 11.9 Å². The van der Waals surface area contributed by atoms with Gasteiger partial charge in [-0.3, -0.25) is 0 Å². The molecule has 1 aromatic carbocycles. The highest BCUT2D eigenvalue weighted by atomic mass is 16.7. The number of hydrogen-bond donors (Lipinski definition) is 0. The lowest BCUT2D eigenvalue weighted by atomic mass is 9.84. The molecule has 166 valence electrons. The van der Waals surface area contributed by atoms with E-state index in [1.807, 2.05) is 0 Å². The second kappa shape index (κ2) is 10.3. The maximum atomic E-state index is 12.4. The Morgan fingerprint density at radius 3 is 1.50 bits per heavy atom. The molecule has 0 amide bonds. The minimum atomic E-state index is -0.643. The first kappa shape index (κ1) is 22.7. The number of esters is 2. The molecule has 2 aliphatic heterocycles. The fraction of sp³-hybridized carbons (Fsp3) is 0.636. The van der Waals surface area contributed by atoms with Crippen LogP contribution < -0.4 is 0 Å². The lowest BCUT2D eigenvalue weighted by molar-refractivity contribution is -0.166. The van der Waals surface area contributed by atoms with Crippen molar-refractivity contribution in [2.75, 3.05) is 53.2 Å². The number of carbonyl (C=O) groups excluding carboxylic acids is 2. The topological polar surface area (TPSA) is 89.5 Å². The molecule has 30 heavy (non-hydrogen) atoms. The highest BCUT2D eigenvalue weighted by Gasteiger charge is 2.38. The van der Waals surface area contributed by atoms with Crippen LogP contribution in [0.2, 0.25) is 0 Å². The van der Waals surface area contributed by atoms with Gasteiger partial charge in [-0.2, -0.15) is 0 Å². The Bertz CT molecular complexity index is 652. The number of carbonyl (C=O) groups is 2. The van der Waals surface area contributed by atoms with Crippen LogP contribution in [0.15, 0.2) is 24.3 Å². The van der Waals surface area contributed by atoms with E-state index in [0.717, 1.165) is 12.8 Å². The average molecular weight is 422 g/mol. The zero-order chi connectivity index (χ0) is 21.5. The summed E-state index contributed by atoms with van der Waals surface area (Å²) in [5.41, 5.74) is 0.271. The van der Waals surface area contributed by atoms with Crippen LogP contribution in [0.25, 0.3) is 0 Å². The van der Waals surface area contributed by atoms with E-state index in [1.165, 1.54) is 12.1 Å². The molecule has 0 N–H and O–H groups in total. The van der Waals surface area contributed by atoms with E-state index in [9.17, 15) is 9.59 Å². The van der Waals surface area contributed by atoms with E-state index in [4.69, 9.17) is 28.4 Å². The Kier molecular flexibility index (Phi) is 7.82. The van der Waals surface area contributed by atoms with E-state index in [1.54, 1.807) is 12.1 Å². The third-order valence-electron chi connectivity index (χ3n) is 5.86. The molecule has 2 aliphatic rings. The molecule has 2 saturated heterocycles. The van der Waals surface area contributed by atoms with Gasteiger partial charge >= 0.3 is 11.9 Å². The minimum absolute atomic E-state index is 0.0100. The Labute approximate surface area is 176 Å². The molecule has 2 heterocycles. The van der Waals surface area contributed by atoms with Gasteiger partial charge in [0.15, 0.2) is 13.6 Å². The van der Waals surface area contributed by atoms with Crippen LogP contribution in [0.3, 0.4) is 0 Å². The number of ether oxygens (including phenoxy) is 6. The summed E-state index contributed by atoms with van der Waals surface area (Å²) in [6.45, 7) is 7.31. The van der Waals surface area contributed by atoms with Crippen LogP contribution >= 0.6 is 0 Å². The molecule has 8 heteroatoms. The van der Waals surface area contributed by atoms with Crippen molar-refractivity contribution in [2.45, 2.75) is 26.7 Å². The number of hydrogen-bond acceptors (Lipinski definition) is 8. The van der Waals surface area contributed by atoms with Crippen molar-refractivity contribution in [1.82, 2.24) is 0 Å². The maximum Gasteiger partial charge on any atom is 0.341 e. The summed E-state index contributed by atoms with van der Waals surface area (Å²) in [5, 5.41) is 0. The third kappa shape index (κ3) is 5.37. The van der Waals surface area contributed by atoms with Crippen molar-refractivity contribution in [3.8, 4) is 0 Å². The van der Waals surface area contributed by atoms with Gasteiger partial charge in [-0.15, -0.1) is 0 Å². The van der Waals surface area contributed by atoms with Gasteiger partial charge in [-0.1, -0.05) is 26.0 Å². The highest BCUT2D eigenvalue weighted by molar-refractivity contribution is 6.03. The fourth-order valence-corrected chi connectivity index (χ4v) is 3.26. The Balaban J connectivity index is 1.44. The van der Waals surface area contributed by atoms with E-state index >= 15 is 0 Å². The molecule has 8 nitrogen and oxygen atoms in total. The van der Waals surface area contributed by atoms with Gasteiger partial charge in [0.1, 0.15) is 0 Å². The van der Waals surface area contributed by atoms with Gasteiger partial charge in [-0.05, 0) is 25.0 Å².